The Kier molecular flexibility index (Phi) is 31.4. The van der Waals surface area contributed by atoms with Crippen LogP contribution < -0.4 is 40.8 Å². The maximum absolute atomic E-state index is 12.9. The Morgan fingerprint density at radius 1 is 0.241 bits per heavy atom. The van der Waals surface area contributed by atoms with Crippen molar-refractivity contribution in [2.45, 2.75) is 119 Å². The number of benzene rings is 4. The number of aryl methyl sites for hydroxylation is 7. The van der Waals surface area contributed by atoms with Crippen molar-refractivity contribution in [3.8, 4) is 181 Å². The molecule has 0 N–H and O–H groups in total. The summed E-state index contributed by atoms with van der Waals surface area (Å²) in [5.74, 6) is 0. The van der Waals surface area contributed by atoms with E-state index in [1.54, 1.807) is 18.2 Å². The zero-order valence-corrected chi connectivity index (χ0v) is 84.2. The summed E-state index contributed by atoms with van der Waals surface area (Å²) in [5, 5.41) is 66.8. The van der Waals surface area contributed by atoms with Crippen molar-refractivity contribution in [1.82, 2.24) is 121 Å². The van der Waals surface area contributed by atoms with Gasteiger partial charge in [-0.1, -0.05) is 199 Å². The van der Waals surface area contributed by atoms with Gasteiger partial charge in [-0.05, 0) is 248 Å². The van der Waals surface area contributed by atoms with Gasteiger partial charge in [-0.15, -0.1) is 0 Å². The molecule has 0 spiro atoms. The van der Waals surface area contributed by atoms with Crippen molar-refractivity contribution in [3.63, 3.8) is 0 Å². The van der Waals surface area contributed by atoms with Gasteiger partial charge in [-0.3, -0.25) is 0 Å². The van der Waals surface area contributed by atoms with Crippen molar-refractivity contribution in [3.05, 3.63) is 335 Å². The summed E-state index contributed by atoms with van der Waals surface area (Å²) >= 11 is 0. The van der Waals surface area contributed by atoms with Crippen LogP contribution in [-0.4, -0.2) is 80.7 Å². The van der Waals surface area contributed by atoms with Gasteiger partial charge in [-0.2, -0.15) is 13.2 Å². The second kappa shape index (κ2) is 44.0. The average Bonchev–Trinajstić information content (AvgIpc) is 1.67. The smallest absolute Gasteiger partial charge is 0.574 e. The topological polar surface area (TPSA) is 319 Å². The second-order valence-corrected chi connectivity index (χ2v) is 32.6. The van der Waals surface area contributed by atoms with Gasteiger partial charge in [0.1, 0.15) is 5.69 Å². The Morgan fingerprint density at radius 3 is 0.715 bits per heavy atom. The number of aromatic nitrogens is 24. The fraction of sp³-hybridized carbons (Fsp3) is 0.170. The number of fused-ring (bicyclic) bond motifs is 2. The molecule has 0 fully saturated rings. The molecule has 0 saturated heterocycles. The van der Waals surface area contributed by atoms with Crippen molar-refractivity contribution < 1.29 is 97.4 Å². The standard InChI is InChI=1S/C30H26N6.C28H26N6.C24H15F3N6.C24H18N6.4Pt/c1-3-12-25-21(10-1)29(35-33-25)27-16-6-14-23(31-27)19-8-5-9-20(18-19)24-15-7-17-28(32-24)30-22-11-2-4-13-26(22)34-36-30;1-5-21-17(3)27(33-31-21)25-14-8-12-23(29-25)19-10-7-11-20(16-19)24-13-9-15-26(30-24)28-18(4)22(6-2)32-34-28;1-14-11-21(31-30-14)19-9-3-7-17(28-19)15-5-2-6-16(12-15)18-8-4-10-20(29-18)22-13-23(33-32-22)24(25,26)27;1-15-12-23(29-27-15)21-10-4-8-19(25-21)17-6-3-7-18(14-17)20-9-5-11-22(26-20)24-13-16(2)28-30-24;;;;/h5-9,14-18H,1-4,10-13H2;7-16H,5-6H2,1-4H3;2-13H,1H3;3-14H,1-2H3;;;;/q4*-2;4*+2. The maximum Gasteiger partial charge on any atom is 2.00 e. The predicted octanol–water partition coefficient (Wildman–Crippen LogP) is 20.8. The van der Waals surface area contributed by atoms with Gasteiger partial charge in [0, 0.05) is 84.4 Å². The van der Waals surface area contributed by atoms with Crippen LogP contribution in [-0.2, 0) is 129 Å². The number of nitrogens with zero attached hydrogens (tertiary/aromatic N) is 24. The summed E-state index contributed by atoms with van der Waals surface area (Å²) in [6, 6.07) is 86.2. The van der Waals surface area contributed by atoms with E-state index in [0.29, 0.717) is 22.8 Å². The fourth-order valence-corrected chi connectivity index (χ4v) is 16.5. The minimum Gasteiger partial charge on any atom is -0.574 e. The van der Waals surface area contributed by atoms with Gasteiger partial charge < -0.3 is 81.6 Å². The van der Waals surface area contributed by atoms with Crippen molar-refractivity contribution in [2.24, 2.45) is 0 Å². The molecule has 2 aliphatic carbocycles. The fourth-order valence-electron chi connectivity index (χ4n) is 16.5. The number of pyridine rings is 8. The van der Waals surface area contributed by atoms with E-state index in [9.17, 15) is 13.2 Å². The van der Waals surface area contributed by atoms with Crippen LogP contribution in [0.15, 0.2) is 267 Å². The molecule has 22 rings (SSSR count). The molecule has 0 bridgehead atoms. The summed E-state index contributed by atoms with van der Waals surface area (Å²) in [4.78, 5) is 38.6. The van der Waals surface area contributed by atoms with Crippen LogP contribution in [0.4, 0.5) is 13.2 Å². The summed E-state index contributed by atoms with van der Waals surface area (Å²) in [6.45, 7) is 14.0. The summed E-state index contributed by atoms with van der Waals surface area (Å²) in [7, 11) is 0. The molecule has 2 aliphatic rings. The van der Waals surface area contributed by atoms with E-state index in [4.69, 9.17) is 34.9 Å². The molecule has 16 aromatic heterocycles. The van der Waals surface area contributed by atoms with Crippen molar-refractivity contribution >= 4 is 0 Å². The van der Waals surface area contributed by atoms with Crippen LogP contribution in [0.2, 0.25) is 0 Å². The molecule has 137 heavy (non-hydrogen) atoms. The Labute approximate surface area is 846 Å². The molecule has 0 amide bonds. The Bertz CT molecular complexity index is 7260. The summed E-state index contributed by atoms with van der Waals surface area (Å²) in [5.41, 5.74) is 37.2. The SMILES string of the molecule is CCc1n[n-]c(-c2cccc(-c3cccc(-c4cccc(-c5[n-]nc(CC)c5C)n4)c3)n2)c1C.Cc1cc(-c2cccc(-c3cccc(-c4cccc(-c5cc(C(F)(F)F)n[n-]5)n4)c3)n2)[n-]n1.Cc1cc(-c2cccc(-c3cccc(-c4cccc(-c5cc(C)n[n-]5)n4)c3)n2)[n-]n1.[Pt+2].[Pt+2].[Pt+2].[Pt+2].c1cc(-c2cccc(-c3[n-]nc4c3CCCC4)n2)cc(-c2cccc(-c3[n-]nc4c3CCCC4)n2)c1. The monoisotopic (exact) mass is 2530 g/mol. The van der Waals surface area contributed by atoms with Crippen molar-refractivity contribution in [2.75, 3.05) is 0 Å². The van der Waals surface area contributed by atoms with E-state index in [2.05, 4.69) is 187 Å². The first-order valence-electron chi connectivity index (χ1n) is 44.2. The minimum atomic E-state index is -4.55. The molecule has 24 nitrogen and oxygen atoms in total. The van der Waals surface area contributed by atoms with Crippen LogP contribution in [0.1, 0.15) is 107 Å². The third-order valence-corrected chi connectivity index (χ3v) is 23.4. The molecule has 0 aliphatic heterocycles. The largest absolute Gasteiger partial charge is 2.00 e. The first-order chi connectivity index (χ1) is 64.9. The second-order valence-electron chi connectivity index (χ2n) is 32.6. The molecular formula is C106H85F3N24Pt4. The van der Waals surface area contributed by atoms with E-state index >= 15 is 0 Å². The molecule has 0 radical (unpaired) electrons. The van der Waals surface area contributed by atoms with E-state index in [1.165, 1.54) is 36.8 Å². The predicted molar refractivity (Wildman–Crippen MR) is 505 cm³/mol. The molecule has 690 valence electrons. The molecule has 4 aromatic carbocycles. The quantitative estimate of drug-likeness (QED) is 0.0770. The molecule has 0 atom stereocenters. The number of alkyl halides is 3. The van der Waals surface area contributed by atoms with Gasteiger partial charge in [0.2, 0.25) is 0 Å². The van der Waals surface area contributed by atoms with E-state index in [-0.39, 0.29) is 90.0 Å². The Morgan fingerprint density at radius 2 is 0.467 bits per heavy atom. The van der Waals surface area contributed by atoms with Crippen LogP contribution in [0, 0.1) is 34.6 Å². The number of rotatable bonds is 18. The van der Waals surface area contributed by atoms with Gasteiger partial charge >= 0.3 is 90.4 Å². The zero-order valence-electron chi connectivity index (χ0n) is 75.1. The molecule has 0 unspecified atom stereocenters. The minimum absolute atomic E-state index is 0. The average molecular weight is 2530 g/mol. The maximum atomic E-state index is 12.9. The molecular weight excluding hydrogens is 2450 g/mol. The number of halogens is 3. The van der Waals surface area contributed by atoms with Gasteiger partial charge in [0.05, 0.1) is 91.1 Å². The van der Waals surface area contributed by atoms with Gasteiger partial charge in [0.25, 0.3) is 0 Å². The van der Waals surface area contributed by atoms with Gasteiger partial charge in [-0.25, -0.2) is 39.9 Å². The summed E-state index contributed by atoms with van der Waals surface area (Å²) in [6.07, 6.45) is 6.08. The molecule has 0 saturated carbocycles. The van der Waals surface area contributed by atoms with Gasteiger partial charge in [0.15, 0.2) is 0 Å². The molecule has 20 aromatic rings. The summed E-state index contributed by atoms with van der Waals surface area (Å²) < 4.78 is 38.6. The van der Waals surface area contributed by atoms with E-state index < -0.39 is 11.9 Å². The first kappa shape index (κ1) is 97.8. The third kappa shape index (κ3) is 22.2. The normalized spacial score (nSPS) is 11.9. The third-order valence-electron chi connectivity index (χ3n) is 23.4. The van der Waals surface area contributed by atoms with E-state index in [0.717, 1.165) is 248 Å². The zero-order chi connectivity index (χ0) is 91.1. The van der Waals surface area contributed by atoms with Crippen LogP contribution in [0.5, 0.6) is 0 Å². The van der Waals surface area contributed by atoms with Crippen LogP contribution >= 0.6 is 0 Å². The molecule has 31 heteroatoms. The first-order valence-corrected chi connectivity index (χ1v) is 44.2. The van der Waals surface area contributed by atoms with E-state index in [1.807, 2.05) is 191 Å². The Balaban J connectivity index is 0.000000138. The van der Waals surface area contributed by atoms with Crippen LogP contribution in [0.3, 0.4) is 0 Å². The Hall–Kier alpha value is -13.7. The van der Waals surface area contributed by atoms with Crippen LogP contribution in [0.25, 0.3) is 181 Å². The molecule has 16 heterocycles. The number of hydrogen-bond acceptors (Lipinski definition) is 16. The van der Waals surface area contributed by atoms with Crippen molar-refractivity contribution in [1.29, 1.82) is 0 Å². The number of hydrogen-bond donors (Lipinski definition) is 0.